The van der Waals surface area contributed by atoms with Gasteiger partial charge in [-0.15, -0.1) is 0 Å². The van der Waals surface area contributed by atoms with Crippen LogP contribution in [0.5, 0.6) is 0 Å². The molecule has 1 aromatic rings. The van der Waals surface area contributed by atoms with Gasteiger partial charge in [-0.25, -0.2) is 0 Å². The molecular formula is C14H17NO2. The lowest BCUT2D eigenvalue weighted by molar-refractivity contribution is -0.138. The fraction of sp³-hybridized carbons (Fsp3) is 0.500. The molecule has 2 fully saturated rings. The smallest absolute Gasteiger partial charge is 0.307 e. The van der Waals surface area contributed by atoms with Crippen LogP contribution in [0.2, 0.25) is 0 Å². The van der Waals surface area contributed by atoms with Crippen molar-refractivity contribution in [3.63, 3.8) is 0 Å². The summed E-state index contributed by atoms with van der Waals surface area (Å²) in [6, 6.07) is 8.57. The van der Waals surface area contributed by atoms with Crippen molar-refractivity contribution in [3.05, 3.63) is 35.4 Å². The minimum absolute atomic E-state index is 0.144. The molecule has 0 bridgehead atoms. The number of aliphatic carboxylic acids is 1. The van der Waals surface area contributed by atoms with E-state index < -0.39 is 5.97 Å². The number of rotatable bonds is 3. The van der Waals surface area contributed by atoms with Crippen molar-refractivity contribution in [3.8, 4) is 0 Å². The van der Waals surface area contributed by atoms with Gasteiger partial charge in [0.1, 0.15) is 0 Å². The highest BCUT2D eigenvalue weighted by Crippen LogP contribution is 2.47. The summed E-state index contributed by atoms with van der Waals surface area (Å²) in [7, 11) is 0. The molecule has 0 aromatic heterocycles. The highest BCUT2D eigenvalue weighted by Gasteiger charge is 2.44. The SMILES string of the molecule is O=C(O)C1CC1c1ccc(C2CCNC2)cc1. The van der Waals surface area contributed by atoms with E-state index in [1.807, 2.05) is 0 Å². The molecule has 1 saturated carbocycles. The average molecular weight is 231 g/mol. The molecule has 90 valence electrons. The Morgan fingerprint density at radius 1 is 1.24 bits per heavy atom. The lowest BCUT2D eigenvalue weighted by Crippen LogP contribution is -2.07. The minimum Gasteiger partial charge on any atom is -0.481 e. The molecule has 1 aromatic carbocycles. The first kappa shape index (κ1) is 10.8. The molecule has 0 spiro atoms. The Morgan fingerprint density at radius 2 is 1.94 bits per heavy atom. The summed E-state index contributed by atoms with van der Waals surface area (Å²) < 4.78 is 0. The van der Waals surface area contributed by atoms with E-state index in [0.29, 0.717) is 5.92 Å². The lowest BCUT2D eigenvalue weighted by atomic mass is 9.96. The van der Waals surface area contributed by atoms with Gasteiger partial charge in [-0.05, 0) is 42.3 Å². The zero-order valence-corrected chi connectivity index (χ0v) is 9.73. The van der Waals surface area contributed by atoms with Crippen LogP contribution in [0.4, 0.5) is 0 Å². The van der Waals surface area contributed by atoms with Crippen LogP contribution in [0.1, 0.15) is 35.8 Å². The van der Waals surface area contributed by atoms with Crippen molar-refractivity contribution in [2.75, 3.05) is 13.1 Å². The van der Waals surface area contributed by atoms with Crippen molar-refractivity contribution in [2.24, 2.45) is 5.92 Å². The quantitative estimate of drug-likeness (QED) is 0.836. The van der Waals surface area contributed by atoms with Crippen molar-refractivity contribution in [1.82, 2.24) is 5.32 Å². The van der Waals surface area contributed by atoms with Crippen molar-refractivity contribution in [1.29, 1.82) is 0 Å². The summed E-state index contributed by atoms with van der Waals surface area (Å²) in [5, 5.41) is 12.3. The predicted molar refractivity (Wildman–Crippen MR) is 65.2 cm³/mol. The zero-order chi connectivity index (χ0) is 11.8. The van der Waals surface area contributed by atoms with Gasteiger partial charge in [0.15, 0.2) is 0 Å². The van der Waals surface area contributed by atoms with Crippen LogP contribution in [0, 0.1) is 5.92 Å². The second kappa shape index (κ2) is 4.15. The molecule has 2 N–H and O–H groups in total. The lowest BCUT2D eigenvalue weighted by Gasteiger charge is -2.09. The number of hydrogen-bond donors (Lipinski definition) is 2. The first-order valence-electron chi connectivity index (χ1n) is 6.29. The van der Waals surface area contributed by atoms with E-state index >= 15 is 0 Å². The summed E-state index contributed by atoms with van der Waals surface area (Å²) in [4.78, 5) is 10.8. The number of carboxylic acids is 1. The molecule has 3 heteroatoms. The maximum absolute atomic E-state index is 10.8. The molecule has 3 nitrogen and oxygen atoms in total. The van der Waals surface area contributed by atoms with Gasteiger partial charge in [0.05, 0.1) is 5.92 Å². The van der Waals surface area contributed by atoms with E-state index in [1.54, 1.807) is 0 Å². The number of nitrogens with one attached hydrogen (secondary N) is 1. The minimum atomic E-state index is -0.654. The van der Waals surface area contributed by atoms with Gasteiger partial charge in [-0.2, -0.15) is 0 Å². The molecule has 1 aliphatic carbocycles. The molecule has 1 saturated heterocycles. The van der Waals surface area contributed by atoms with Gasteiger partial charge in [0.25, 0.3) is 0 Å². The molecule has 0 radical (unpaired) electrons. The van der Waals surface area contributed by atoms with Gasteiger partial charge in [0, 0.05) is 6.54 Å². The summed E-state index contributed by atoms with van der Waals surface area (Å²) in [5.41, 5.74) is 2.57. The first-order chi connectivity index (χ1) is 8.25. The van der Waals surface area contributed by atoms with Crippen molar-refractivity contribution < 1.29 is 9.90 Å². The first-order valence-corrected chi connectivity index (χ1v) is 6.29. The molecule has 0 amide bonds. The number of benzene rings is 1. The van der Waals surface area contributed by atoms with E-state index in [2.05, 4.69) is 29.6 Å². The maximum atomic E-state index is 10.8. The zero-order valence-electron chi connectivity index (χ0n) is 9.73. The number of carboxylic acid groups (broad SMARTS) is 1. The molecule has 3 atom stereocenters. The monoisotopic (exact) mass is 231 g/mol. The Morgan fingerprint density at radius 3 is 2.47 bits per heavy atom. The third-order valence-corrected chi connectivity index (χ3v) is 4.00. The van der Waals surface area contributed by atoms with E-state index in [4.69, 9.17) is 5.11 Å². The van der Waals surface area contributed by atoms with Crippen LogP contribution in [0.15, 0.2) is 24.3 Å². The molecule has 1 heterocycles. The molecular weight excluding hydrogens is 214 g/mol. The number of hydrogen-bond acceptors (Lipinski definition) is 2. The summed E-state index contributed by atoms with van der Waals surface area (Å²) in [5.74, 6) is 0.0924. The Bertz CT molecular complexity index is 420. The topological polar surface area (TPSA) is 49.3 Å². The number of carbonyl (C=O) groups is 1. The van der Waals surface area contributed by atoms with Crippen LogP contribution in [0.25, 0.3) is 0 Å². The van der Waals surface area contributed by atoms with Gasteiger partial charge in [-0.3, -0.25) is 4.79 Å². The van der Waals surface area contributed by atoms with Crippen LogP contribution in [-0.4, -0.2) is 24.2 Å². The normalized spacial score (nSPS) is 31.4. The van der Waals surface area contributed by atoms with Crippen LogP contribution in [-0.2, 0) is 4.79 Å². The fourth-order valence-electron chi connectivity index (χ4n) is 2.79. The Hall–Kier alpha value is -1.35. The fourth-order valence-corrected chi connectivity index (χ4v) is 2.79. The van der Waals surface area contributed by atoms with Crippen LogP contribution >= 0.6 is 0 Å². The molecule has 3 unspecified atom stereocenters. The molecule has 17 heavy (non-hydrogen) atoms. The second-order valence-electron chi connectivity index (χ2n) is 5.14. The van der Waals surface area contributed by atoms with Crippen molar-refractivity contribution in [2.45, 2.75) is 24.7 Å². The summed E-state index contributed by atoms with van der Waals surface area (Å²) in [6.45, 7) is 2.18. The summed E-state index contributed by atoms with van der Waals surface area (Å²) >= 11 is 0. The Balaban J connectivity index is 1.70. The van der Waals surface area contributed by atoms with Crippen molar-refractivity contribution >= 4 is 5.97 Å². The van der Waals surface area contributed by atoms with E-state index in [1.165, 1.54) is 17.5 Å². The molecule has 2 aliphatic rings. The average Bonchev–Trinajstić information content (AvgIpc) is 2.97. The highest BCUT2D eigenvalue weighted by atomic mass is 16.4. The maximum Gasteiger partial charge on any atom is 0.307 e. The standard InChI is InChI=1S/C14H17NO2/c16-14(17)13-7-12(13)10-3-1-9(2-4-10)11-5-6-15-8-11/h1-4,11-13,15H,5-8H2,(H,16,17). The Labute approximate surface area is 101 Å². The van der Waals surface area contributed by atoms with E-state index in [0.717, 1.165) is 19.5 Å². The van der Waals surface area contributed by atoms with Gasteiger partial charge >= 0.3 is 5.97 Å². The van der Waals surface area contributed by atoms with Gasteiger partial charge in [0.2, 0.25) is 0 Å². The molecule has 1 aliphatic heterocycles. The van der Waals surface area contributed by atoms with E-state index in [9.17, 15) is 4.79 Å². The second-order valence-corrected chi connectivity index (χ2v) is 5.14. The third kappa shape index (κ3) is 2.07. The summed E-state index contributed by atoms with van der Waals surface area (Å²) in [6.07, 6.45) is 2.01. The predicted octanol–water partition coefficient (Wildman–Crippen LogP) is 1.95. The van der Waals surface area contributed by atoms with Crippen LogP contribution in [0.3, 0.4) is 0 Å². The van der Waals surface area contributed by atoms with Crippen LogP contribution < -0.4 is 5.32 Å². The molecule has 3 rings (SSSR count). The van der Waals surface area contributed by atoms with Gasteiger partial charge in [-0.1, -0.05) is 24.3 Å². The third-order valence-electron chi connectivity index (χ3n) is 4.00. The highest BCUT2D eigenvalue weighted by molar-refractivity contribution is 5.75. The Kier molecular flexibility index (Phi) is 2.63. The largest absolute Gasteiger partial charge is 0.481 e. The van der Waals surface area contributed by atoms with E-state index in [-0.39, 0.29) is 11.8 Å². The van der Waals surface area contributed by atoms with Gasteiger partial charge < -0.3 is 10.4 Å².